The van der Waals surface area contributed by atoms with Crippen molar-refractivity contribution in [1.29, 1.82) is 0 Å². The van der Waals surface area contributed by atoms with Crippen LogP contribution in [0.15, 0.2) is 0 Å². The third-order valence-electron chi connectivity index (χ3n) is 4.41. The molecule has 0 aliphatic heterocycles. The van der Waals surface area contributed by atoms with Crippen molar-refractivity contribution in [2.75, 3.05) is 0 Å². The van der Waals surface area contributed by atoms with Crippen LogP contribution in [0.1, 0.15) is 73.1 Å². The summed E-state index contributed by atoms with van der Waals surface area (Å²) in [6.45, 7) is 12.1. The largest absolute Gasteiger partial charge is 0.0654 e. The van der Waals surface area contributed by atoms with E-state index in [0.29, 0.717) is 10.8 Å². The van der Waals surface area contributed by atoms with Gasteiger partial charge in [0.25, 0.3) is 0 Å². The predicted molar refractivity (Wildman–Crippen MR) is 64.4 cm³/mol. The molecule has 0 heterocycles. The molecular formula is C14H28. The lowest BCUT2D eigenvalue weighted by Crippen LogP contribution is -2.32. The van der Waals surface area contributed by atoms with Gasteiger partial charge in [-0.15, -0.1) is 0 Å². The van der Waals surface area contributed by atoms with E-state index in [1.165, 1.54) is 38.5 Å². The Kier molecular flexibility index (Phi) is 3.66. The van der Waals surface area contributed by atoms with Crippen molar-refractivity contribution < 1.29 is 0 Å². The molecule has 1 atom stereocenters. The summed E-state index contributed by atoms with van der Waals surface area (Å²) in [6, 6.07) is 0. The van der Waals surface area contributed by atoms with Crippen LogP contribution in [0.2, 0.25) is 0 Å². The third kappa shape index (κ3) is 3.00. The quantitative estimate of drug-likeness (QED) is 0.578. The zero-order valence-corrected chi connectivity index (χ0v) is 10.8. The standard InChI is InChI=1S/C14H28/c1-6-10-14(5,13(2,3)4)11-9-12-7-8-12/h12H,6-11H2,1-5H3. The van der Waals surface area contributed by atoms with Crippen molar-refractivity contribution in [3.05, 3.63) is 0 Å². The molecule has 14 heavy (non-hydrogen) atoms. The molecule has 1 aliphatic carbocycles. The minimum Gasteiger partial charge on any atom is -0.0654 e. The summed E-state index contributed by atoms with van der Waals surface area (Å²) >= 11 is 0. The Morgan fingerprint density at radius 2 is 1.57 bits per heavy atom. The lowest BCUT2D eigenvalue weighted by molar-refractivity contribution is 0.0793. The van der Waals surface area contributed by atoms with Gasteiger partial charge in [-0.25, -0.2) is 0 Å². The average Bonchev–Trinajstić information content (AvgIpc) is 2.82. The van der Waals surface area contributed by atoms with Gasteiger partial charge in [-0.1, -0.05) is 53.9 Å². The second kappa shape index (κ2) is 4.24. The molecule has 1 aliphatic rings. The van der Waals surface area contributed by atoms with Gasteiger partial charge in [0.05, 0.1) is 0 Å². The van der Waals surface area contributed by atoms with Crippen LogP contribution in [0.3, 0.4) is 0 Å². The normalized spacial score (nSPS) is 22.1. The summed E-state index contributed by atoms with van der Waals surface area (Å²) in [4.78, 5) is 0. The summed E-state index contributed by atoms with van der Waals surface area (Å²) in [5.41, 5.74) is 1.03. The van der Waals surface area contributed by atoms with Crippen LogP contribution in [0.5, 0.6) is 0 Å². The molecule has 0 radical (unpaired) electrons. The topological polar surface area (TPSA) is 0 Å². The average molecular weight is 196 g/mol. The third-order valence-corrected chi connectivity index (χ3v) is 4.41. The van der Waals surface area contributed by atoms with Crippen molar-refractivity contribution in [1.82, 2.24) is 0 Å². The first-order valence-electron chi connectivity index (χ1n) is 6.39. The van der Waals surface area contributed by atoms with Crippen LogP contribution in [-0.4, -0.2) is 0 Å². The van der Waals surface area contributed by atoms with Crippen LogP contribution in [0.25, 0.3) is 0 Å². The summed E-state index contributed by atoms with van der Waals surface area (Å²) in [5, 5.41) is 0. The van der Waals surface area contributed by atoms with Crippen molar-refractivity contribution >= 4 is 0 Å². The first kappa shape index (κ1) is 12.1. The van der Waals surface area contributed by atoms with Crippen LogP contribution in [0.4, 0.5) is 0 Å². The molecule has 84 valence electrons. The van der Waals surface area contributed by atoms with Gasteiger partial charge in [-0.2, -0.15) is 0 Å². The van der Waals surface area contributed by atoms with Crippen molar-refractivity contribution in [2.45, 2.75) is 73.1 Å². The second-order valence-electron chi connectivity index (χ2n) is 6.54. The second-order valence-corrected chi connectivity index (χ2v) is 6.54. The molecule has 0 aromatic rings. The maximum atomic E-state index is 2.50. The van der Waals surface area contributed by atoms with Gasteiger partial charge in [0.1, 0.15) is 0 Å². The van der Waals surface area contributed by atoms with Crippen LogP contribution >= 0.6 is 0 Å². The van der Waals surface area contributed by atoms with Crippen molar-refractivity contribution in [3.8, 4) is 0 Å². The highest BCUT2D eigenvalue weighted by atomic mass is 14.4. The summed E-state index contributed by atoms with van der Waals surface area (Å²) in [6.07, 6.45) is 8.66. The lowest BCUT2D eigenvalue weighted by Gasteiger charge is -2.42. The Hall–Kier alpha value is 0. The lowest BCUT2D eigenvalue weighted by atomic mass is 9.63. The van der Waals surface area contributed by atoms with Crippen molar-refractivity contribution in [2.24, 2.45) is 16.7 Å². The Morgan fingerprint density at radius 3 is 1.93 bits per heavy atom. The Morgan fingerprint density at radius 1 is 1.00 bits per heavy atom. The van der Waals surface area contributed by atoms with E-state index in [9.17, 15) is 0 Å². The first-order chi connectivity index (χ1) is 6.39. The van der Waals surface area contributed by atoms with Crippen molar-refractivity contribution in [3.63, 3.8) is 0 Å². The van der Waals surface area contributed by atoms with E-state index in [-0.39, 0.29) is 0 Å². The molecule has 1 unspecified atom stereocenters. The van der Waals surface area contributed by atoms with Crippen LogP contribution in [-0.2, 0) is 0 Å². The van der Waals surface area contributed by atoms with Gasteiger partial charge in [0, 0.05) is 0 Å². The van der Waals surface area contributed by atoms with Gasteiger partial charge in [0.15, 0.2) is 0 Å². The maximum absolute atomic E-state index is 2.50. The fourth-order valence-corrected chi connectivity index (χ4v) is 2.36. The minimum atomic E-state index is 0.470. The van der Waals surface area contributed by atoms with Gasteiger partial charge < -0.3 is 0 Å². The Labute approximate surface area is 90.5 Å². The summed E-state index contributed by atoms with van der Waals surface area (Å²) in [5.74, 6) is 1.09. The zero-order valence-electron chi connectivity index (χ0n) is 10.8. The minimum absolute atomic E-state index is 0.470. The molecule has 0 nitrogen and oxygen atoms in total. The van der Waals surface area contributed by atoms with E-state index in [4.69, 9.17) is 0 Å². The fourth-order valence-electron chi connectivity index (χ4n) is 2.36. The highest BCUT2D eigenvalue weighted by molar-refractivity contribution is 4.88. The van der Waals surface area contributed by atoms with E-state index in [1.807, 2.05) is 0 Å². The maximum Gasteiger partial charge on any atom is -0.0277 e. The Bertz CT molecular complexity index is 171. The van der Waals surface area contributed by atoms with E-state index < -0.39 is 0 Å². The van der Waals surface area contributed by atoms with Crippen LogP contribution in [0, 0.1) is 16.7 Å². The monoisotopic (exact) mass is 196 g/mol. The first-order valence-corrected chi connectivity index (χ1v) is 6.39. The molecule has 0 spiro atoms. The molecule has 0 N–H and O–H groups in total. The smallest absolute Gasteiger partial charge is 0.0277 e. The summed E-state index contributed by atoms with van der Waals surface area (Å²) < 4.78 is 0. The van der Waals surface area contributed by atoms with Crippen LogP contribution < -0.4 is 0 Å². The molecule has 0 bridgehead atoms. The van der Waals surface area contributed by atoms with Gasteiger partial charge in [0.2, 0.25) is 0 Å². The van der Waals surface area contributed by atoms with Gasteiger partial charge in [-0.3, -0.25) is 0 Å². The number of hydrogen-bond donors (Lipinski definition) is 0. The van der Waals surface area contributed by atoms with E-state index >= 15 is 0 Å². The van der Waals surface area contributed by atoms with Gasteiger partial charge >= 0.3 is 0 Å². The highest BCUT2D eigenvalue weighted by Crippen LogP contribution is 2.48. The highest BCUT2D eigenvalue weighted by Gasteiger charge is 2.37. The molecule has 1 fully saturated rings. The number of rotatable bonds is 5. The number of hydrogen-bond acceptors (Lipinski definition) is 0. The molecule has 0 saturated heterocycles. The SMILES string of the molecule is CCCC(C)(CCC1CC1)C(C)(C)C. The molecule has 0 heteroatoms. The Balaban J connectivity index is 2.49. The molecular weight excluding hydrogens is 168 g/mol. The van der Waals surface area contributed by atoms with E-state index in [0.717, 1.165) is 5.92 Å². The molecule has 0 aromatic carbocycles. The van der Waals surface area contributed by atoms with E-state index in [1.54, 1.807) is 0 Å². The zero-order chi connectivity index (χ0) is 10.8. The molecule has 1 rings (SSSR count). The molecule has 0 amide bonds. The molecule has 1 saturated carbocycles. The van der Waals surface area contributed by atoms with E-state index in [2.05, 4.69) is 34.6 Å². The summed E-state index contributed by atoms with van der Waals surface area (Å²) in [7, 11) is 0. The predicted octanol–water partition coefficient (Wildman–Crippen LogP) is 5.03. The fraction of sp³-hybridized carbons (Fsp3) is 1.00. The molecule has 0 aromatic heterocycles. The van der Waals surface area contributed by atoms with Gasteiger partial charge in [-0.05, 0) is 36.0 Å².